The summed E-state index contributed by atoms with van der Waals surface area (Å²) in [6.45, 7) is 6.55. The molecule has 1 unspecified atom stereocenters. The molecule has 0 aliphatic heterocycles. The fourth-order valence-corrected chi connectivity index (χ4v) is 2.47. The number of hydrogen-bond donors (Lipinski definition) is 0. The second-order valence-electron chi connectivity index (χ2n) is 4.99. The molecule has 0 saturated heterocycles. The smallest absolute Gasteiger partial charge is 0.337 e. The molecule has 0 saturated carbocycles. The molecular weight excluding hydrogens is 334 g/mol. The largest absolute Gasteiger partial charge is 0.466 e. The van der Waals surface area contributed by atoms with Crippen molar-refractivity contribution < 1.29 is 23.6 Å². The van der Waals surface area contributed by atoms with E-state index in [-0.39, 0.29) is 5.57 Å². The topological polar surface area (TPSA) is 78.6 Å². The first-order chi connectivity index (χ1) is 11.4. The first-order valence-electron chi connectivity index (χ1n) is 7.02. The van der Waals surface area contributed by atoms with Crippen molar-refractivity contribution in [1.82, 2.24) is 5.16 Å². The molecule has 0 fully saturated rings. The number of aromatic nitrogens is 1. The van der Waals surface area contributed by atoms with Crippen LogP contribution in [0.4, 0.5) is 0 Å². The van der Waals surface area contributed by atoms with Crippen LogP contribution in [0.3, 0.4) is 0 Å². The van der Waals surface area contributed by atoms with Crippen molar-refractivity contribution in [3.63, 3.8) is 0 Å². The molecule has 1 heterocycles. The molecule has 1 atom stereocenters. The van der Waals surface area contributed by atoms with Crippen molar-refractivity contribution in [1.29, 1.82) is 0 Å². The van der Waals surface area contributed by atoms with E-state index in [1.165, 1.54) is 14.0 Å². The number of carbonyl (C=O) groups is 2. The summed E-state index contributed by atoms with van der Waals surface area (Å²) in [5, 5.41) is 4.44. The molecule has 0 radical (unpaired) electrons. The van der Waals surface area contributed by atoms with Crippen molar-refractivity contribution in [2.45, 2.75) is 20.0 Å². The third-order valence-corrected chi connectivity index (χ3v) is 3.68. The fraction of sp³-hybridized carbons (Fsp3) is 0.235. The molecule has 0 aliphatic carbocycles. The molecule has 7 heteroatoms. The standard InChI is InChI=1S/C17H16ClNO5/c1-9(17(21)22-4)16(23-11(3)20)14-10(2)24-19-15(14)12-7-5-6-8-13(12)18/h5-8,16H,1H2,2-4H3. The number of methoxy groups -OCH3 is 1. The summed E-state index contributed by atoms with van der Waals surface area (Å²) in [7, 11) is 1.22. The normalized spacial score (nSPS) is 11.7. The minimum atomic E-state index is -1.09. The van der Waals surface area contributed by atoms with E-state index in [0.717, 1.165) is 0 Å². The minimum Gasteiger partial charge on any atom is -0.466 e. The van der Waals surface area contributed by atoms with E-state index < -0.39 is 18.0 Å². The Kier molecular flexibility index (Phi) is 5.41. The van der Waals surface area contributed by atoms with Crippen LogP contribution in [0.5, 0.6) is 0 Å². The summed E-state index contributed by atoms with van der Waals surface area (Å²) in [4.78, 5) is 23.4. The molecule has 126 valence electrons. The summed E-state index contributed by atoms with van der Waals surface area (Å²) < 4.78 is 15.2. The summed E-state index contributed by atoms with van der Waals surface area (Å²) in [6.07, 6.45) is -1.09. The monoisotopic (exact) mass is 349 g/mol. The highest BCUT2D eigenvalue weighted by Gasteiger charge is 2.32. The Morgan fingerprint density at radius 2 is 2.00 bits per heavy atom. The van der Waals surface area contributed by atoms with Crippen LogP contribution < -0.4 is 0 Å². The number of nitrogens with zero attached hydrogens (tertiary/aromatic N) is 1. The maximum absolute atomic E-state index is 11.9. The van der Waals surface area contributed by atoms with Gasteiger partial charge in [0.15, 0.2) is 6.10 Å². The number of aryl methyl sites for hydroxylation is 1. The zero-order valence-corrected chi connectivity index (χ0v) is 14.2. The van der Waals surface area contributed by atoms with Crippen molar-refractivity contribution >= 4 is 23.5 Å². The number of esters is 2. The second kappa shape index (κ2) is 7.31. The van der Waals surface area contributed by atoms with Gasteiger partial charge in [0, 0.05) is 12.5 Å². The van der Waals surface area contributed by atoms with Crippen LogP contribution in [0.15, 0.2) is 40.9 Å². The second-order valence-corrected chi connectivity index (χ2v) is 5.39. The van der Waals surface area contributed by atoms with Gasteiger partial charge in [0.1, 0.15) is 11.5 Å². The van der Waals surface area contributed by atoms with E-state index in [0.29, 0.717) is 27.6 Å². The van der Waals surface area contributed by atoms with Crippen LogP contribution >= 0.6 is 11.6 Å². The first kappa shape index (κ1) is 17.7. The maximum atomic E-state index is 11.9. The van der Waals surface area contributed by atoms with Gasteiger partial charge < -0.3 is 14.0 Å². The fourth-order valence-electron chi connectivity index (χ4n) is 2.24. The molecule has 6 nitrogen and oxygen atoms in total. The molecule has 2 aromatic rings. The highest BCUT2D eigenvalue weighted by molar-refractivity contribution is 6.33. The van der Waals surface area contributed by atoms with Crippen LogP contribution in [0.25, 0.3) is 11.3 Å². The van der Waals surface area contributed by atoms with Gasteiger partial charge >= 0.3 is 11.9 Å². The molecule has 0 bridgehead atoms. The third-order valence-electron chi connectivity index (χ3n) is 3.35. The number of halogens is 1. The molecule has 1 aromatic carbocycles. The Hall–Kier alpha value is -2.60. The van der Waals surface area contributed by atoms with Gasteiger partial charge in [-0.3, -0.25) is 4.79 Å². The first-order valence-corrected chi connectivity index (χ1v) is 7.40. The molecule has 0 amide bonds. The lowest BCUT2D eigenvalue weighted by Crippen LogP contribution is -2.18. The number of ether oxygens (including phenoxy) is 2. The zero-order chi connectivity index (χ0) is 17.9. The van der Waals surface area contributed by atoms with E-state index in [1.807, 2.05) is 0 Å². The van der Waals surface area contributed by atoms with Crippen molar-refractivity contribution in [3.8, 4) is 11.3 Å². The van der Waals surface area contributed by atoms with Gasteiger partial charge in [-0.15, -0.1) is 0 Å². The Labute approximate surface area is 144 Å². The number of carbonyl (C=O) groups excluding carboxylic acids is 2. The van der Waals surface area contributed by atoms with Gasteiger partial charge in [0.25, 0.3) is 0 Å². The van der Waals surface area contributed by atoms with Crippen LogP contribution in [0.1, 0.15) is 24.4 Å². The van der Waals surface area contributed by atoms with Crippen LogP contribution in [0.2, 0.25) is 5.02 Å². The summed E-state index contributed by atoms with van der Waals surface area (Å²) in [5.41, 5.74) is 1.30. The van der Waals surface area contributed by atoms with Crippen LogP contribution in [-0.4, -0.2) is 24.2 Å². The van der Waals surface area contributed by atoms with Gasteiger partial charge in [-0.05, 0) is 13.0 Å². The number of benzene rings is 1. The molecular formula is C17H16ClNO5. The van der Waals surface area contributed by atoms with Crippen molar-refractivity contribution in [2.24, 2.45) is 0 Å². The van der Waals surface area contributed by atoms with Crippen LogP contribution in [0, 0.1) is 6.92 Å². The lowest BCUT2D eigenvalue weighted by Gasteiger charge is -2.18. The van der Waals surface area contributed by atoms with Gasteiger partial charge in [-0.25, -0.2) is 4.79 Å². The zero-order valence-electron chi connectivity index (χ0n) is 13.5. The summed E-state index contributed by atoms with van der Waals surface area (Å²) in [6, 6.07) is 7.00. The average molecular weight is 350 g/mol. The van der Waals surface area contributed by atoms with Gasteiger partial charge in [-0.2, -0.15) is 0 Å². The predicted molar refractivity (Wildman–Crippen MR) is 87.3 cm³/mol. The van der Waals surface area contributed by atoms with Gasteiger partial charge in [0.05, 0.1) is 23.3 Å². The summed E-state index contributed by atoms with van der Waals surface area (Å²) >= 11 is 6.22. The lowest BCUT2D eigenvalue weighted by atomic mass is 9.97. The number of hydrogen-bond acceptors (Lipinski definition) is 6. The van der Waals surface area contributed by atoms with Crippen LogP contribution in [-0.2, 0) is 19.1 Å². The quantitative estimate of drug-likeness (QED) is 0.605. The Bertz CT molecular complexity index is 796. The van der Waals surface area contributed by atoms with E-state index >= 15 is 0 Å². The minimum absolute atomic E-state index is 0.0488. The Balaban J connectivity index is 2.61. The van der Waals surface area contributed by atoms with E-state index in [1.54, 1.807) is 31.2 Å². The number of rotatable bonds is 5. The van der Waals surface area contributed by atoms with Crippen molar-refractivity contribution in [2.75, 3.05) is 7.11 Å². The maximum Gasteiger partial charge on any atom is 0.337 e. The highest BCUT2D eigenvalue weighted by atomic mass is 35.5. The Morgan fingerprint density at radius 3 is 2.58 bits per heavy atom. The highest BCUT2D eigenvalue weighted by Crippen LogP contribution is 2.38. The molecule has 24 heavy (non-hydrogen) atoms. The van der Waals surface area contributed by atoms with Gasteiger partial charge in [-0.1, -0.05) is 41.5 Å². The molecule has 1 aromatic heterocycles. The molecule has 0 N–H and O–H groups in total. The lowest BCUT2D eigenvalue weighted by molar-refractivity contribution is -0.147. The van der Waals surface area contributed by atoms with E-state index in [9.17, 15) is 9.59 Å². The van der Waals surface area contributed by atoms with E-state index in [4.69, 9.17) is 20.9 Å². The Morgan fingerprint density at radius 1 is 1.33 bits per heavy atom. The predicted octanol–water partition coefficient (Wildman–Crippen LogP) is 3.64. The molecule has 0 spiro atoms. The van der Waals surface area contributed by atoms with Crippen molar-refractivity contribution in [3.05, 3.63) is 52.8 Å². The summed E-state index contributed by atoms with van der Waals surface area (Å²) in [5.74, 6) is -0.913. The van der Waals surface area contributed by atoms with Gasteiger partial charge in [0.2, 0.25) is 0 Å². The van der Waals surface area contributed by atoms with E-state index in [2.05, 4.69) is 16.5 Å². The average Bonchev–Trinajstić information content (AvgIpc) is 2.92. The SMILES string of the molecule is C=C(C(=O)OC)C(OC(C)=O)c1c(-c2ccccc2Cl)noc1C. The third kappa shape index (κ3) is 3.49. The molecule has 2 rings (SSSR count). The molecule has 0 aliphatic rings.